The molecule has 0 saturated carbocycles. The second-order valence-electron chi connectivity index (χ2n) is 6.69. The number of nitrogens with zero attached hydrogens (tertiary/aromatic N) is 1. The Hall–Kier alpha value is -1.26. The van der Waals surface area contributed by atoms with Gasteiger partial charge in [-0.1, -0.05) is 20.3 Å². The van der Waals surface area contributed by atoms with E-state index in [4.69, 9.17) is 9.47 Å². The first kappa shape index (κ1) is 17.8. The minimum Gasteiger partial charge on any atom is -0.464 e. The van der Waals surface area contributed by atoms with Crippen molar-refractivity contribution in [2.45, 2.75) is 71.9 Å². The third-order valence-corrected chi connectivity index (χ3v) is 4.09. The molecule has 122 valence electrons. The van der Waals surface area contributed by atoms with Gasteiger partial charge in [0.15, 0.2) is 0 Å². The number of carbonyl (C=O) groups excluding carboxylic acids is 2. The SMILES string of the molecule is CCOC(=O)[C@]1([C@@H](C)CC)CCCN1C(=O)OC(C)(C)C. The van der Waals surface area contributed by atoms with Crippen molar-refractivity contribution in [3.63, 3.8) is 0 Å². The van der Waals surface area contributed by atoms with E-state index in [1.54, 1.807) is 11.8 Å². The minimum absolute atomic E-state index is 0.0339. The van der Waals surface area contributed by atoms with Gasteiger partial charge in [0.05, 0.1) is 6.61 Å². The molecule has 1 saturated heterocycles. The Bertz CT molecular complexity index is 388. The first-order valence-corrected chi connectivity index (χ1v) is 7.86. The van der Waals surface area contributed by atoms with Gasteiger partial charge < -0.3 is 9.47 Å². The molecule has 0 N–H and O–H groups in total. The molecule has 5 nitrogen and oxygen atoms in total. The summed E-state index contributed by atoms with van der Waals surface area (Å²) in [6.45, 7) is 12.2. The molecule has 0 unspecified atom stereocenters. The van der Waals surface area contributed by atoms with Crippen molar-refractivity contribution in [1.82, 2.24) is 4.90 Å². The zero-order chi connectivity index (χ0) is 16.3. The van der Waals surface area contributed by atoms with Gasteiger partial charge in [-0.25, -0.2) is 9.59 Å². The first-order valence-electron chi connectivity index (χ1n) is 7.86. The predicted octanol–water partition coefficient (Wildman–Crippen LogP) is 3.37. The summed E-state index contributed by atoms with van der Waals surface area (Å²) in [5.41, 5.74) is -1.46. The molecule has 1 aliphatic rings. The van der Waals surface area contributed by atoms with E-state index >= 15 is 0 Å². The van der Waals surface area contributed by atoms with E-state index < -0.39 is 17.2 Å². The Kier molecular flexibility index (Phi) is 5.65. The molecule has 0 spiro atoms. The van der Waals surface area contributed by atoms with E-state index in [9.17, 15) is 9.59 Å². The van der Waals surface area contributed by atoms with E-state index in [1.807, 2.05) is 34.6 Å². The molecule has 1 heterocycles. The van der Waals surface area contributed by atoms with E-state index in [0.29, 0.717) is 19.6 Å². The highest BCUT2D eigenvalue weighted by atomic mass is 16.6. The van der Waals surface area contributed by atoms with Gasteiger partial charge in [-0.2, -0.15) is 0 Å². The number of amides is 1. The van der Waals surface area contributed by atoms with Crippen LogP contribution in [0.3, 0.4) is 0 Å². The maximum absolute atomic E-state index is 12.6. The topological polar surface area (TPSA) is 55.8 Å². The smallest absolute Gasteiger partial charge is 0.411 e. The average molecular weight is 299 g/mol. The van der Waals surface area contributed by atoms with Crippen LogP contribution in [0.5, 0.6) is 0 Å². The normalized spacial score (nSPS) is 23.8. The van der Waals surface area contributed by atoms with Gasteiger partial charge >= 0.3 is 12.1 Å². The van der Waals surface area contributed by atoms with Gasteiger partial charge in [-0.05, 0) is 46.5 Å². The van der Waals surface area contributed by atoms with Crippen molar-refractivity contribution >= 4 is 12.1 Å². The molecule has 21 heavy (non-hydrogen) atoms. The van der Waals surface area contributed by atoms with Crippen LogP contribution >= 0.6 is 0 Å². The van der Waals surface area contributed by atoms with Gasteiger partial charge in [0.1, 0.15) is 11.1 Å². The lowest BCUT2D eigenvalue weighted by atomic mass is 9.81. The maximum Gasteiger partial charge on any atom is 0.411 e. The van der Waals surface area contributed by atoms with Crippen molar-refractivity contribution in [1.29, 1.82) is 0 Å². The van der Waals surface area contributed by atoms with Crippen LogP contribution in [0.15, 0.2) is 0 Å². The van der Waals surface area contributed by atoms with Gasteiger partial charge in [-0.15, -0.1) is 0 Å². The summed E-state index contributed by atoms with van der Waals surface area (Å²) < 4.78 is 10.8. The fraction of sp³-hybridized carbons (Fsp3) is 0.875. The molecular formula is C16H29NO4. The number of likely N-dealkylation sites (tertiary alicyclic amines) is 1. The zero-order valence-corrected chi connectivity index (χ0v) is 14.2. The molecule has 2 atom stereocenters. The fourth-order valence-corrected chi connectivity index (χ4v) is 2.93. The van der Waals surface area contributed by atoms with Crippen LogP contribution in [0.25, 0.3) is 0 Å². The second-order valence-corrected chi connectivity index (χ2v) is 6.69. The summed E-state index contributed by atoms with van der Waals surface area (Å²) >= 11 is 0. The minimum atomic E-state index is -0.882. The Labute approximate surface area is 128 Å². The third kappa shape index (κ3) is 3.69. The third-order valence-electron chi connectivity index (χ3n) is 4.09. The largest absolute Gasteiger partial charge is 0.464 e. The molecular weight excluding hydrogens is 270 g/mol. The highest BCUT2D eigenvalue weighted by Gasteiger charge is 2.54. The van der Waals surface area contributed by atoms with Gasteiger partial charge in [0, 0.05) is 6.54 Å². The van der Waals surface area contributed by atoms with Crippen LogP contribution < -0.4 is 0 Å². The van der Waals surface area contributed by atoms with Gasteiger partial charge in [0.2, 0.25) is 0 Å². The predicted molar refractivity (Wildman–Crippen MR) is 81.0 cm³/mol. The zero-order valence-electron chi connectivity index (χ0n) is 14.2. The first-order chi connectivity index (χ1) is 9.69. The molecule has 0 aliphatic carbocycles. The number of carbonyl (C=O) groups is 2. The summed E-state index contributed by atoms with van der Waals surface area (Å²) in [5.74, 6) is -0.269. The van der Waals surface area contributed by atoms with Crippen LogP contribution in [-0.2, 0) is 14.3 Å². The van der Waals surface area contributed by atoms with Crippen LogP contribution in [0, 0.1) is 5.92 Å². The van der Waals surface area contributed by atoms with E-state index in [2.05, 4.69) is 0 Å². The number of hydrogen-bond donors (Lipinski definition) is 0. The molecule has 1 fully saturated rings. The summed E-state index contributed by atoms with van der Waals surface area (Å²) in [6.07, 6.45) is 1.81. The molecule has 1 amide bonds. The van der Waals surface area contributed by atoms with Crippen LogP contribution in [0.2, 0.25) is 0 Å². The molecule has 1 rings (SSSR count). The van der Waals surface area contributed by atoms with Crippen LogP contribution in [0.1, 0.15) is 60.8 Å². The molecule has 0 aromatic rings. The molecule has 5 heteroatoms. The number of ether oxygens (including phenoxy) is 2. The van der Waals surface area contributed by atoms with E-state index in [1.165, 1.54) is 0 Å². The van der Waals surface area contributed by atoms with Crippen LogP contribution in [0.4, 0.5) is 4.79 Å². The van der Waals surface area contributed by atoms with Gasteiger partial charge in [-0.3, -0.25) is 4.90 Å². The molecule has 0 radical (unpaired) electrons. The number of rotatable bonds is 4. The maximum atomic E-state index is 12.6. The molecule has 1 aliphatic heterocycles. The fourth-order valence-electron chi connectivity index (χ4n) is 2.93. The molecule has 0 aromatic carbocycles. The monoisotopic (exact) mass is 299 g/mol. The van der Waals surface area contributed by atoms with E-state index in [-0.39, 0.29) is 11.9 Å². The number of esters is 1. The standard InChI is InChI=1S/C16H29NO4/c1-7-12(3)16(13(18)20-8-2)10-9-11-17(16)14(19)21-15(4,5)6/h12H,7-11H2,1-6H3/t12-,16+/m0/s1. The summed E-state index contributed by atoms with van der Waals surface area (Å²) in [7, 11) is 0. The van der Waals surface area contributed by atoms with Gasteiger partial charge in [0.25, 0.3) is 0 Å². The highest BCUT2D eigenvalue weighted by Crippen LogP contribution is 2.39. The highest BCUT2D eigenvalue weighted by molar-refractivity contribution is 5.87. The quantitative estimate of drug-likeness (QED) is 0.747. The van der Waals surface area contributed by atoms with Crippen molar-refractivity contribution in [2.24, 2.45) is 5.92 Å². The lowest BCUT2D eigenvalue weighted by molar-refractivity contribution is -0.159. The second kappa shape index (κ2) is 6.67. The van der Waals surface area contributed by atoms with Crippen molar-refractivity contribution in [3.8, 4) is 0 Å². The Morgan fingerprint density at radius 1 is 1.29 bits per heavy atom. The summed E-state index contributed by atoms with van der Waals surface area (Å²) in [6, 6.07) is 0. The Morgan fingerprint density at radius 3 is 2.38 bits per heavy atom. The summed E-state index contributed by atoms with van der Waals surface area (Å²) in [5, 5.41) is 0. The van der Waals surface area contributed by atoms with Crippen LogP contribution in [-0.4, -0.2) is 41.3 Å². The average Bonchev–Trinajstić information content (AvgIpc) is 2.81. The summed E-state index contributed by atoms with van der Waals surface area (Å²) in [4.78, 5) is 26.7. The van der Waals surface area contributed by atoms with Crippen molar-refractivity contribution in [3.05, 3.63) is 0 Å². The molecule has 0 aromatic heterocycles. The molecule has 0 bridgehead atoms. The van der Waals surface area contributed by atoms with E-state index in [0.717, 1.165) is 12.8 Å². The number of hydrogen-bond acceptors (Lipinski definition) is 4. The lowest BCUT2D eigenvalue weighted by Gasteiger charge is -2.40. The Morgan fingerprint density at radius 2 is 1.90 bits per heavy atom. The Balaban J connectivity index is 3.10. The van der Waals surface area contributed by atoms with Crippen molar-refractivity contribution < 1.29 is 19.1 Å². The van der Waals surface area contributed by atoms with Crippen molar-refractivity contribution in [2.75, 3.05) is 13.2 Å². The lowest BCUT2D eigenvalue weighted by Crippen LogP contribution is -2.58.